The Hall–Kier alpha value is -3.14. The number of likely N-dealkylation sites (N-methyl/N-ethyl adjacent to an activating group) is 1. The molecular formula is C30H37N5O3S. The minimum atomic E-state index is -0.0944. The number of hydrogen-bond donors (Lipinski definition) is 0. The summed E-state index contributed by atoms with van der Waals surface area (Å²) in [6.07, 6.45) is 2.56. The lowest BCUT2D eigenvalue weighted by Gasteiger charge is -2.32. The van der Waals surface area contributed by atoms with E-state index in [1.54, 1.807) is 25.2 Å². The molecule has 0 saturated carbocycles. The average molecular weight is 548 g/mol. The molecule has 5 rings (SSSR count). The van der Waals surface area contributed by atoms with Gasteiger partial charge in [0.2, 0.25) is 0 Å². The van der Waals surface area contributed by atoms with E-state index in [9.17, 15) is 0 Å². The molecule has 2 aromatic carbocycles. The Morgan fingerprint density at radius 2 is 1.82 bits per heavy atom. The minimum absolute atomic E-state index is 0.0944. The highest BCUT2D eigenvalue weighted by molar-refractivity contribution is 7.99. The summed E-state index contributed by atoms with van der Waals surface area (Å²) in [7, 11) is 3.84. The summed E-state index contributed by atoms with van der Waals surface area (Å²) < 4.78 is 17.5. The fraction of sp³-hybridized carbons (Fsp3) is 0.433. The quantitative estimate of drug-likeness (QED) is 0.192. The predicted octanol–water partition coefficient (Wildman–Crippen LogP) is 5.76. The van der Waals surface area contributed by atoms with Crippen LogP contribution < -0.4 is 9.47 Å². The Balaban J connectivity index is 1.32. The molecular weight excluding hydrogens is 510 g/mol. The molecule has 2 aromatic heterocycles. The van der Waals surface area contributed by atoms with Crippen molar-refractivity contribution in [3.8, 4) is 22.8 Å². The third-order valence-electron chi connectivity index (χ3n) is 6.95. The standard InChI is InChI=1S/C30H37N5O3S/c1-30(2,3)28-19-24(33-38-28)21-8-6-9-22(16-21)39-29-23-17-27(26(36-5)18-25(23)31-20-32-29)37-15-7-10-35-13-11-34(4)12-14-35/h6,8-9,16-20H,7,10-15H2,1-5H3. The van der Waals surface area contributed by atoms with Crippen molar-refractivity contribution < 1.29 is 14.0 Å². The van der Waals surface area contributed by atoms with E-state index in [1.807, 2.05) is 30.3 Å². The number of fused-ring (bicyclic) bond motifs is 1. The first-order valence-electron chi connectivity index (χ1n) is 13.4. The molecule has 1 fully saturated rings. The summed E-state index contributed by atoms with van der Waals surface area (Å²) in [4.78, 5) is 15.0. The number of methoxy groups -OCH3 is 1. The summed E-state index contributed by atoms with van der Waals surface area (Å²) in [6.45, 7) is 12.5. The molecule has 4 aromatic rings. The minimum Gasteiger partial charge on any atom is -0.493 e. The Labute approximate surface area is 234 Å². The van der Waals surface area contributed by atoms with Crippen molar-refractivity contribution in [1.29, 1.82) is 0 Å². The number of benzene rings is 2. The Morgan fingerprint density at radius 1 is 1.00 bits per heavy atom. The number of nitrogens with zero attached hydrogens (tertiary/aromatic N) is 5. The third-order valence-corrected chi connectivity index (χ3v) is 7.96. The molecule has 0 radical (unpaired) electrons. The van der Waals surface area contributed by atoms with Crippen molar-refractivity contribution in [2.45, 2.75) is 42.5 Å². The number of aromatic nitrogens is 3. The fourth-order valence-electron chi connectivity index (χ4n) is 4.53. The van der Waals surface area contributed by atoms with Crippen LogP contribution in [-0.2, 0) is 5.41 Å². The Bertz CT molecular complexity index is 1410. The van der Waals surface area contributed by atoms with Gasteiger partial charge in [0.05, 0.1) is 19.2 Å². The first-order chi connectivity index (χ1) is 18.8. The van der Waals surface area contributed by atoms with Crippen LogP contribution in [0, 0.1) is 0 Å². The normalized spacial score (nSPS) is 15.1. The molecule has 0 unspecified atom stereocenters. The largest absolute Gasteiger partial charge is 0.493 e. The van der Waals surface area contributed by atoms with Crippen molar-refractivity contribution in [3.05, 3.63) is 54.6 Å². The SMILES string of the molecule is COc1cc2ncnc(Sc3cccc(-c4cc(C(C)(C)C)on4)c3)c2cc1OCCCN1CCN(C)CC1. The van der Waals surface area contributed by atoms with Gasteiger partial charge in [-0.05, 0) is 31.7 Å². The van der Waals surface area contributed by atoms with Gasteiger partial charge >= 0.3 is 0 Å². The average Bonchev–Trinajstić information content (AvgIpc) is 3.44. The third kappa shape index (κ3) is 6.72. The molecule has 206 valence electrons. The molecule has 9 heteroatoms. The van der Waals surface area contributed by atoms with E-state index < -0.39 is 0 Å². The molecule has 3 heterocycles. The second-order valence-electron chi connectivity index (χ2n) is 11.0. The van der Waals surface area contributed by atoms with Crippen LogP contribution in [0.1, 0.15) is 33.0 Å². The number of piperazine rings is 1. The summed E-state index contributed by atoms with van der Waals surface area (Å²) in [5, 5.41) is 6.09. The molecule has 0 N–H and O–H groups in total. The van der Waals surface area contributed by atoms with Gasteiger partial charge in [-0.3, -0.25) is 0 Å². The Kier molecular flexibility index (Phi) is 8.40. The molecule has 1 aliphatic heterocycles. The molecule has 0 aliphatic carbocycles. The van der Waals surface area contributed by atoms with Crippen LogP contribution in [-0.4, -0.2) is 78.4 Å². The highest BCUT2D eigenvalue weighted by Gasteiger charge is 2.20. The lowest BCUT2D eigenvalue weighted by Crippen LogP contribution is -2.44. The molecule has 1 saturated heterocycles. The maximum Gasteiger partial charge on any atom is 0.162 e. The fourth-order valence-corrected chi connectivity index (χ4v) is 5.46. The summed E-state index contributed by atoms with van der Waals surface area (Å²) >= 11 is 1.59. The molecule has 0 amide bonds. The lowest BCUT2D eigenvalue weighted by molar-refractivity contribution is 0.145. The van der Waals surface area contributed by atoms with Crippen molar-refractivity contribution in [1.82, 2.24) is 24.9 Å². The predicted molar refractivity (Wildman–Crippen MR) is 155 cm³/mol. The van der Waals surface area contributed by atoms with E-state index in [0.29, 0.717) is 18.1 Å². The zero-order valence-corrected chi connectivity index (χ0v) is 24.3. The zero-order chi connectivity index (χ0) is 27.4. The smallest absolute Gasteiger partial charge is 0.162 e. The van der Waals surface area contributed by atoms with Crippen molar-refractivity contribution in [2.75, 3.05) is 53.5 Å². The highest BCUT2D eigenvalue weighted by atomic mass is 32.2. The van der Waals surface area contributed by atoms with Crippen molar-refractivity contribution >= 4 is 22.7 Å². The summed E-state index contributed by atoms with van der Waals surface area (Å²) in [5.41, 5.74) is 2.55. The monoisotopic (exact) mass is 547 g/mol. The number of hydrogen-bond acceptors (Lipinski definition) is 9. The van der Waals surface area contributed by atoms with Gasteiger partial charge in [0.15, 0.2) is 11.5 Å². The molecule has 8 nitrogen and oxygen atoms in total. The van der Waals surface area contributed by atoms with Gasteiger partial charge in [-0.15, -0.1) is 0 Å². The number of ether oxygens (including phenoxy) is 2. The van der Waals surface area contributed by atoms with Gasteiger partial charge in [0.1, 0.15) is 22.8 Å². The first kappa shape index (κ1) is 27.4. The van der Waals surface area contributed by atoms with Crippen LogP contribution in [0.5, 0.6) is 11.5 Å². The number of rotatable bonds is 9. The molecule has 39 heavy (non-hydrogen) atoms. The van der Waals surface area contributed by atoms with E-state index in [2.05, 4.69) is 64.9 Å². The van der Waals surface area contributed by atoms with Gasteiger partial charge < -0.3 is 23.8 Å². The maximum atomic E-state index is 6.21. The van der Waals surface area contributed by atoms with Gasteiger partial charge in [0, 0.05) is 66.1 Å². The topological polar surface area (TPSA) is 76.8 Å². The van der Waals surface area contributed by atoms with Gasteiger partial charge in [-0.25, -0.2) is 9.97 Å². The van der Waals surface area contributed by atoms with Crippen molar-refractivity contribution in [3.63, 3.8) is 0 Å². The van der Waals surface area contributed by atoms with Crippen LogP contribution in [0.3, 0.4) is 0 Å². The second kappa shape index (κ2) is 11.9. The van der Waals surface area contributed by atoms with Gasteiger partial charge in [0.25, 0.3) is 0 Å². The molecule has 0 bridgehead atoms. The molecule has 1 aliphatic rings. The van der Waals surface area contributed by atoms with Crippen LogP contribution in [0.4, 0.5) is 0 Å². The first-order valence-corrected chi connectivity index (χ1v) is 14.2. The van der Waals surface area contributed by atoms with E-state index in [4.69, 9.17) is 14.0 Å². The van der Waals surface area contributed by atoms with Crippen molar-refractivity contribution in [2.24, 2.45) is 0 Å². The second-order valence-corrected chi connectivity index (χ2v) is 12.1. The van der Waals surface area contributed by atoms with E-state index in [-0.39, 0.29) is 5.41 Å². The van der Waals surface area contributed by atoms with Crippen LogP contribution in [0.2, 0.25) is 0 Å². The van der Waals surface area contributed by atoms with E-state index in [1.165, 1.54) is 0 Å². The molecule has 0 spiro atoms. The van der Waals surface area contributed by atoms with Gasteiger partial charge in [-0.1, -0.05) is 49.8 Å². The molecule has 0 atom stereocenters. The van der Waals surface area contributed by atoms with Crippen LogP contribution in [0.25, 0.3) is 22.2 Å². The van der Waals surface area contributed by atoms with Crippen LogP contribution in [0.15, 0.2) is 63.2 Å². The van der Waals surface area contributed by atoms with Crippen LogP contribution >= 0.6 is 11.8 Å². The van der Waals surface area contributed by atoms with Gasteiger partial charge in [-0.2, -0.15) is 0 Å². The van der Waals surface area contributed by atoms with E-state index in [0.717, 1.165) is 77.0 Å². The Morgan fingerprint density at radius 3 is 2.56 bits per heavy atom. The summed E-state index contributed by atoms with van der Waals surface area (Å²) in [5.74, 6) is 2.26. The van der Waals surface area contributed by atoms with E-state index >= 15 is 0 Å². The highest BCUT2D eigenvalue weighted by Crippen LogP contribution is 2.38. The lowest BCUT2D eigenvalue weighted by atomic mass is 9.93. The summed E-state index contributed by atoms with van der Waals surface area (Å²) in [6, 6.07) is 14.2. The maximum absolute atomic E-state index is 6.21. The zero-order valence-electron chi connectivity index (χ0n) is 23.4.